The van der Waals surface area contributed by atoms with Crippen LogP contribution in [0.2, 0.25) is 0 Å². The highest BCUT2D eigenvalue weighted by Crippen LogP contribution is 2.24. The summed E-state index contributed by atoms with van der Waals surface area (Å²) in [4.78, 5) is 15.8. The van der Waals surface area contributed by atoms with Crippen molar-refractivity contribution >= 4 is 11.8 Å². The van der Waals surface area contributed by atoms with Crippen LogP contribution in [-0.4, -0.2) is 33.8 Å². The maximum absolute atomic E-state index is 11.3. The number of aromatic carboxylic acids is 1. The number of carboxylic acids is 1. The van der Waals surface area contributed by atoms with Crippen LogP contribution < -0.4 is 5.32 Å². The number of carboxylic acid groups (broad SMARTS) is 1. The van der Waals surface area contributed by atoms with Crippen molar-refractivity contribution in [2.45, 2.75) is 51.6 Å². The summed E-state index contributed by atoms with van der Waals surface area (Å²) in [5, 5.41) is 21.9. The molecular weight excluding hydrogens is 256 g/mol. The molecule has 5 nitrogen and oxygen atoms in total. The highest BCUT2D eigenvalue weighted by atomic mass is 16.4. The van der Waals surface area contributed by atoms with Gasteiger partial charge in [-0.05, 0) is 50.2 Å². The Hall–Kier alpha value is -1.62. The van der Waals surface area contributed by atoms with Crippen molar-refractivity contribution in [3.05, 3.63) is 22.9 Å². The molecule has 1 heterocycles. The first-order valence-corrected chi connectivity index (χ1v) is 7.29. The molecule has 0 radical (unpaired) electrons. The number of nitrogens with one attached hydrogen (secondary N) is 1. The monoisotopic (exact) mass is 278 g/mol. The lowest BCUT2D eigenvalue weighted by Crippen LogP contribution is -2.17. The molecule has 0 saturated carbocycles. The van der Waals surface area contributed by atoms with Gasteiger partial charge in [0.2, 0.25) is 0 Å². The van der Waals surface area contributed by atoms with Gasteiger partial charge in [-0.1, -0.05) is 6.92 Å². The standard InChI is InChI=1S/C15H22N2O3/c1-2-11(18)7-8-16-14-12(15(19)20)9-10-5-3-4-6-13(10)17-14/h9,11,18H,2-8H2,1H3,(H,16,17)(H,19,20). The molecule has 0 bridgehead atoms. The summed E-state index contributed by atoms with van der Waals surface area (Å²) in [6.45, 7) is 2.45. The highest BCUT2D eigenvalue weighted by Gasteiger charge is 2.18. The molecule has 1 unspecified atom stereocenters. The van der Waals surface area contributed by atoms with Crippen molar-refractivity contribution in [3.8, 4) is 0 Å². The summed E-state index contributed by atoms with van der Waals surface area (Å²) in [6.07, 6.45) is 4.98. The lowest BCUT2D eigenvalue weighted by atomic mass is 9.94. The smallest absolute Gasteiger partial charge is 0.339 e. The Kier molecular flexibility index (Phi) is 4.95. The lowest BCUT2D eigenvalue weighted by molar-refractivity contribution is 0.0697. The number of fused-ring (bicyclic) bond motifs is 1. The largest absolute Gasteiger partial charge is 0.478 e. The van der Waals surface area contributed by atoms with Crippen molar-refractivity contribution in [1.82, 2.24) is 4.98 Å². The first-order valence-electron chi connectivity index (χ1n) is 7.29. The maximum atomic E-state index is 11.3. The average Bonchev–Trinajstić information content (AvgIpc) is 2.46. The van der Waals surface area contributed by atoms with E-state index in [4.69, 9.17) is 0 Å². The molecule has 1 aromatic heterocycles. The topological polar surface area (TPSA) is 82.5 Å². The summed E-state index contributed by atoms with van der Waals surface area (Å²) >= 11 is 0. The summed E-state index contributed by atoms with van der Waals surface area (Å²) < 4.78 is 0. The van der Waals surface area contributed by atoms with Crippen LogP contribution in [0.25, 0.3) is 0 Å². The number of aryl methyl sites for hydroxylation is 2. The third-order valence-corrected chi connectivity index (χ3v) is 3.77. The second-order valence-electron chi connectivity index (χ2n) is 5.28. The molecule has 3 N–H and O–H groups in total. The van der Waals surface area contributed by atoms with Crippen LogP contribution in [-0.2, 0) is 12.8 Å². The number of aliphatic hydroxyl groups is 1. The number of carbonyl (C=O) groups is 1. The Morgan fingerprint density at radius 2 is 2.20 bits per heavy atom. The minimum Gasteiger partial charge on any atom is -0.478 e. The minimum absolute atomic E-state index is 0.233. The number of hydrogen-bond donors (Lipinski definition) is 3. The number of rotatable bonds is 6. The van der Waals surface area contributed by atoms with E-state index in [2.05, 4.69) is 10.3 Å². The molecule has 5 heteroatoms. The van der Waals surface area contributed by atoms with Crippen molar-refractivity contribution < 1.29 is 15.0 Å². The molecule has 0 spiro atoms. The van der Waals surface area contributed by atoms with Gasteiger partial charge in [0.25, 0.3) is 0 Å². The van der Waals surface area contributed by atoms with Crippen LogP contribution in [0, 0.1) is 0 Å². The Bertz CT molecular complexity index is 488. The summed E-state index contributed by atoms with van der Waals surface area (Å²) in [6, 6.07) is 1.75. The van der Waals surface area contributed by atoms with E-state index < -0.39 is 5.97 Å². The molecule has 1 aliphatic carbocycles. The van der Waals surface area contributed by atoms with E-state index in [0.29, 0.717) is 25.2 Å². The molecule has 0 fully saturated rings. The second-order valence-corrected chi connectivity index (χ2v) is 5.28. The Balaban J connectivity index is 2.15. The van der Waals surface area contributed by atoms with Crippen LogP contribution in [0.5, 0.6) is 0 Å². The Labute approximate surface area is 119 Å². The van der Waals surface area contributed by atoms with Crippen molar-refractivity contribution in [2.75, 3.05) is 11.9 Å². The maximum Gasteiger partial charge on any atom is 0.339 e. The number of aromatic nitrogens is 1. The highest BCUT2D eigenvalue weighted by molar-refractivity contribution is 5.93. The predicted octanol–water partition coefficient (Wildman–Crippen LogP) is 2.23. The van der Waals surface area contributed by atoms with Crippen LogP contribution >= 0.6 is 0 Å². The summed E-state index contributed by atoms with van der Waals surface area (Å²) in [5.74, 6) is -0.522. The zero-order chi connectivity index (χ0) is 14.5. The van der Waals surface area contributed by atoms with Gasteiger partial charge in [-0.25, -0.2) is 9.78 Å². The third-order valence-electron chi connectivity index (χ3n) is 3.77. The van der Waals surface area contributed by atoms with Crippen molar-refractivity contribution in [2.24, 2.45) is 0 Å². The van der Waals surface area contributed by atoms with Gasteiger partial charge < -0.3 is 15.5 Å². The molecule has 110 valence electrons. The first-order chi connectivity index (χ1) is 9.61. The fraction of sp³-hybridized carbons (Fsp3) is 0.600. The van der Waals surface area contributed by atoms with Crippen molar-refractivity contribution in [3.63, 3.8) is 0 Å². The molecule has 0 amide bonds. The van der Waals surface area contributed by atoms with Gasteiger partial charge in [0.05, 0.1) is 6.10 Å². The molecule has 20 heavy (non-hydrogen) atoms. The molecule has 0 aromatic carbocycles. The van der Waals surface area contributed by atoms with Gasteiger partial charge >= 0.3 is 5.97 Å². The van der Waals surface area contributed by atoms with E-state index >= 15 is 0 Å². The number of nitrogens with zero attached hydrogens (tertiary/aromatic N) is 1. The minimum atomic E-state index is -0.954. The van der Waals surface area contributed by atoms with Crippen LogP contribution in [0.1, 0.15) is 54.2 Å². The Morgan fingerprint density at radius 1 is 1.45 bits per heavy atom. The number of anilines is 1. The van der Waals surface area contributed by atoms with Crippen LogP contribution in [0.15, 0.2) is 6.07 Å². The molecule has 2 rings (SSSR count). The van der Waals surface area contributed by atoms with E-state index in [0.717, 1.165) is 36.9 Å². The Morgan fingerprint density at radius 3 is 2.90 bits per heavy atom. The molecule has 1 aliphatic rings. The van der Waals surface area contributed by atoms with Crippen molar-refractivity contribution in [1.29, 1.82) is 0 Å². The van der Waals surface area contributed by atoms with Crippen LogP contribution in [0.3, 0.4) is 0 Å². The predicted molar refractivity (Wildman–Crippen MR) is 77.2 cm³/mol. The van der Waals surface area contributed by atoms with Crippen LogP contribution in [0.4, 0.5) is 5.82 Å². The van der Waals surface area contributed by atoms with Gasteiger partial charge in [0.15, 0.2) is 0 Å². The van der Waals surface area contributed by atoms with Gasteiger partial charge in [-0.3, -0.25) is 0 Å². The van der Waals surface area contributed by atoms with E-state index in [-0.39, 0.29) is 11.7 Å². The molecule has 0 saturated heterocycles. The number of hydrogen-bond acceptors (Lipinski definition) is 4. The molecule has 1 aromatic rings. The third kappa shape index (κ3) is 3.48. The fourth-order valence-corrected chi connectivity index (χ4v) is 2.49. The second kappa shape index (κ2) is 6.70. The zero-order valence-electron chi connectivity index (χ0n) is 11.9. The first kappa shape index (κ1) is 14.8. The van der Waals surface area contributed by atoms with E-state index in [9.17, 15) is 15.0 Å². The number of aliphatic hydroxyl groups excluding tert-OH is 1. The van der Waals surface area contributed by atoms with Gasteiger partial charge in [-0.15, -0.1) is 0 Å². The molecular formula is C15H22N2O3. The van der Waals surface area contributed by atoms with Gasteiger partial charge in [0.1, 0.15) is 11.4 Å². The SMILES string of the molecule is CCC(O)CCNc1nc2c(cc1C(=O)O)CCCC2. The quantitative estimate of drug-likeness (QED) is 0.743. The van der Waals surface area contributed by atoms with Gasteiger partial charge in [0, 0.05) is 12.2 Å². The van der Waals surface area contributed by atoms with Gasteiger partial charge in [-0.2, -0.15) is 0 Å². The fourth-order valence-electron chi connectivity index (χ4n) is 2.49. The normalized spacial score (nSPS) is 15.5. The molecule has 0 aliphatic heterocycles. The van der Waals surface area contributed by atoms with E-state index in [1.54, 1.807) is 6.07 Å². The van der Waals surface area contributed by atoms with E-state index in [1.807, 2.05) is 6.92 Å². The summed E-state index contributed by atoms with van der Waals surface area (Å²) in [7, 11) is 0. The van der Waals surface area contributed by atoms with E-state index in [1.165, 1.54) is 0 Å². The zero-order valence-corrected chi connectivity index (χ0v) is 11.9. The summed E-state index contributed by atoms with van der Waals surface area (Å²) in [5.41, 5.74) is 2.31. The molecule has 1 atom stereocenters. The lowest BCUT2D eigenvalue weighted by Gasteiger charge is -2.18. The average molecular weight is 278 g/mol. The number of pyridine rings is 1.